The van der Waals surface area contributed by atoms with Crippen molar-refractivity contribution in [3.63, 3.8) is 0 Å². The highest BCUT2D eigenvalue weighted by Gasteiger charge is 2.14. The quantitative estimate of drug-likeness (QED) is 0.813. The van der Waals surface area contributed by atoms with Crippen LogP contribution in [0.2, 0.25) is 0 Å². The maximum absolute atomic E-state index is 11.8. The molecule has 0 fully saturated rings. The van der Waals surface area contributed by atoms with Crippen LogP contribution in [0.15, 0.2) is 39.5 Å². The molecule has 1 aromatic carbocycles. The van der Waals surface area contributed by atoms with Gasteiger partial charge in [0.15, 0.2) is 0 Å². The van der Waals surface area contributed by atoms with Crippen LogP contribution in [0.1, 0.15) is 23.7 Å². The number of fused-ring (bicyclic) bond motifs is 1. The average Bonchev–Trinajstić information content (AvgIpc) is 2.43. The number of amides is 1. The standard InChI is InChI=1S/C14H15NO4/c1-2-10(16)8-15-13(17)11-7-9-5-3-4-6-12(9)19-14(11)18/h3-7,10,16H,2,8H2,1H3,(H,15,17)/t10-/m0/s1. The Hall–Kier alpha value is -2.14. The van der Waals surface area contributed by atoms with Crippen LogP contribution < -0.4 is 10.9 Å². The van der Waals surface area contributed by atoms with Crippen LogP contribution in [0.25, 0.3) is 11.0 Å². The molecule has 2 N–H and O–H groups in total. The molecule has 2 rings (SSSR count). The van der Waals surface area contributed by atoms with Crippen molar-refractivity contribution in [2.24, 2.45) is 0 Å². The zero-order valence-electron chi connectivity index (χ0n) is 10.6. The second-order valence-electron chi connectivity index (χ2n) is 4.26. The number of rotatable bonds is 4. The van der Waals surface area contributed by atoms with Crippen LogP contribution in [0.3, 0.4) is 0 Å². The molecule has 0 aliphatic carbocycles. The number of hydrogen-bond donors (Lipinski definition) is 2. The number of carbonyl (C=O) groups excluding carboxylic acids is 1. The van der Waals surface area contributed by atoms with Gasteiger partial charge in [0.2, 0.25) is 0 Å². The Labute approximate surface area is 109 Å². The number of aliphatic hydroxyl groups excluding tert-OH is 1. The molecule has 0 saturated heterocycles. The minimum absolute atomic E-state index is 0.0537. The molecule has 0 saturated carbocycles. The minimum atomic E-state index is -0.679. The molecule has 0 bridgehead atoms. The number of para-hydroxylation sites is 1. The fourth-order valence-corrected chi connectivity index (χ4v) is 1.67. The van der Waals surface area contributed by atoms with Crippen LogP contribution in [0.4, 0.5) is 0 Å². The molecule has 1 heterocycles. The molecule has 2 aromatic rings. The van der Waals surface area contributed by atoms with Gasteiger partial charge in [-0.15, -0.1) is 0 Å². The summed E-state index contributed by atoms with van der Waals surface area (Å²) in [5, 5.41) is 12.6. The predicted octanol–water partition coefficient (Wildman–Crippen LogP) is 1.29. The lowest BCUT2D eigenvalue weighted by Gasteiger charge is -2.09. The zero-order chi connectivity index (χ0) is 13.8. The van der Waals surface area contributed by atoms with Gasteiger partial charge >= 0.3 is 5.63 Å². The Morgan fingerprint density at radius 2 is 2.16 bits per heavy atom. The second kappa shape index (κ2) is 5.67. The van der Waals surface area contributed by atoms with Crippen molar-refractivity contribution in [3.05, 3.63) is 46.3 Å². The van der Waals surface area contributed by atoms with Crippen molar-refractivity contribution < 1.29 is 14.3 Å². The first kappa shape index (κ1) is 13.3. The van der Waals surface area contributed by atoms with Gasteiger partial charge in [-0.3, -0.25) is 4.79 Å². The van der Waals surface area contributed by atoms with Crippen LogP contribution in [0.5, 0.6) is 0 Å². The third-order valence-corrected chi connectivity index (χ3v) is 2.86. The first-order valence-electron chi connectivity index (χ1n) is 6.11. The van der Waals surface area contributed by atoms with E-state index in [0.717, 1.165) is 0 Å². The molecule has 5 heteroatoms. The van der Waals surface area contributed by atoms with Gasteiger partial charge < -0.3 is 14.8 Å². The van der Waals surface area contributed by atoms with Gasteiger partial charge in [0.1, 0.15) is 11.1 Å². The van der Waals surface area contributed by atoms with Crippen molar-refractivity contribution >= 4 is 16.9 Å². The third kappa shape index (κ3) is 3.00. The number of carbonyl (C=O) groups is 1. The van der Waals surface area contributed by atoms with E-state index < -0.39 is 17.6 Å². The SMILES string of the molecule is CC[C@H](O)CNC(=O)c1cc2ccccc2oc1=O. The van der Waals surface area contributed by atoms with Crippen molar-refractivity contribution in [1.29, 1.82) is 0 Å². The molecule has 0 unspecified atom stereocenters. The fourth-order valence-electron chi connectivity index (χ4n) is 1.67. The van der Waals surface area contributed by atoms with E-state index in [1.54, 1.807) is 31.2 Å². The lowest BCUT2D eigenvalue weighted by molar-refractivity contribution is 0.0910. The lowest BCUT2D eigenvalue weighted by Crippen LogP contribution is -2.34. The maximum Gasteiger partial charge on any atom is 0.349 e. The molecule has 0 aliphatic rings. The minimum Gasteiger partial charge on any atom is -0.422 e. The van der Waals surface area contributed by atoms with E-state index in [9.17, 15) is 14.7 Å². The second-order valence-corrected chi connectivity index (χ2v) is 4.26. The summed E-state index contributed by atoms with van der Waals surface area (Å²) < 4.78 is 5.07. The smallest absolute Gasteiger partial charge is 0.349 e. The van der Waals surface area contributed by atoms with E-state index in [1.807, 2.05) is 0 Å². The van der Waals surface area contributed by atoms with Gasteiger partial charge in [-0.05, 0) is 18.6 Å². The summed E-state index contributed by atoms with van der Waals surface area (Å²) in [4.78, 5) is 23.5. The highest BCUT2D eigenvalue weighted by Crippen LogP contribution is 2.12. The number of aliphatic hydroxyl groups is 1. The number of hydrogen-bond acceptors (Lipinski definition) is 4. The first-order chi connectivity index (χ1) is 9.11. The number of benzene rings is 1. The monoisotopic (exact) mass is 261 g/mol. The summed E-state index contributed by atoms with van der Waals surface area (Å²) in [5.41, 5.74) is -0.290. The summed E-state index contributed by atoms with van der Waals surface area (Å²) >= 11 is 0. The molecule has 5 nitrogen and oxygen atoms in total. The van der Waals surface area contributed by atoms with E-state index in [1.165, 1.54) is 6.07 Å². The van der Waals surface area contributed by atoms with Gasteiger partial charge in [0.05, 0.1) is 6.10 Å². The molecule has 1 amide bonds. The van der Waals surface area contributed by atoms with Gasteiger partial charge in [-0.25, -0.2) is 4.79 Å². The molecular formula is C14H15NO4. The lowest BCUT2D eigenvalue weighted by atomic mass is 10.1. The Morgan fingerprint density at radius 3 is 2.89 bits per heavy atom. The number of nitrogens with one attached hydrogen (secondary N) is 1. The average molecular weight is 261 g/mol. The summed E-state index contributed by atoms with van der Waals surface area (Å²) in [7, 11) is 0. The van der Waals surface area contributed by atoms with E-state index >= 15 is 0 Å². The summed E-state index contributed by atoms with van der Waals surface area (Å²) in [6.07, 6.45) is -0.0801. The van der Waals surface area contributed by atoms with Gasteiger partial charge in [-0.1, -0.05) is 25.1 Å². The normalized spacial score (nSPS) is 12.3. The van der Waals surface area contributed by atoms with Crippen molar-refractivity contribution in [2.75, 3.05) is 6.54 Å². The van der Waals surface area contributed by atoms with Crippen LogP contribution in [-0.2, 0) is 0 Å². The molecule has 0 aliphatic heterocycles. The largest absolute Gasteiger partial charge is 0.422 e. The van der Waals surface area contributed by atoms with E-state index in [4.69, 9.17) is 4.42 Å². The molecule has 100 valence electrons. The highest BCUT2D eigenvalue weighted by molar-refractivity contribution is 5.96. The maximum atomic E-state index is 11.8. The van der Waals surface area contributed by atoms with E-state index in [-0.39, 0.29) is 12.1 Å². The fraction of sp³-hybridized carbons (Fsp3) is 0.286. The van der Waals surface area contributed by atoms with Crippen molar-refractivity contribution in [3.8, 4) is 0 Å². The zero-order valence-corrected chi connectivity index (χ0v) is 10.6. The topological polar surface area (TPSA) is 79.5 Å². The molecule has 0 radical (unpaired) electrons. The van der Waals surface area contributed by atoms with E-state index in [2.05, 4.69) is 5.32 Å². The summed E-state index contributed by atoms with van der Waals surface area (Å²) in [6.45, 7) is 1.92. The predicted molar refractivity (Wildman–Crippen MR) is 71.1 cm³/mol. The van der Waals surface area contributed by atoms with Crippen LogP contribution >= 0.6 is 0 Å². The summed E-state index contributed by atoms with van der Waals surface area (Å²) in [5.74, 6) is -0.535. The molecule has 0 spiro atoms. The van der Waals surface area contributed by atoms with Gasteiger partial charge in [0, 0.05) is 11.9 Å². The summed E-state index contributed by atoms with van der Waals surface area (Å²) in [6, 6.07) is 8.47. The van der Waals surface area contributed by atoms with Gasteiger partial charge in [-0.2, -0.15) is 0 Å². The van der Waals surface area contributed by atoms with E-state index in [0.29, 0.717) is 17.4 Å². The Morgan fingerprint density at radius 1 is 1.42 bits per heavy atom. The van der Waals surface area contributed by atoms with Crippen LogP contribution in [-0.4, -0.2) is 23.7 Å². The Kier molecular flexibility index (Phi) is 3.97. The van der Waals surface area contributed by atoms with Crippen molar-refractivity contribution in [1.82, 2.24) is 5.32 Å². The Balaban J connectivity index is 2.27. The molecule has 1 atom stereocenters. The Bertz CT molecular complexity index is 647. The van der Waals surface area contributed by atoms with Gasteiger partial charge in [0.25, 0.3) is 5.91 Å². The molecular weight excluding hydrogens is 246 g/mol. The first-order valence-corrected chi connectivity index (χ1v) is 6.11. The van der Waals surface area contributed by atoms with Crippen molar-refractivity contribution in [2.45, 2.75) is 19.4 Å². The molecule has 19 heavy (non-hydrogen) atoms. The third-order valence-electron chi connectivity index (χ3n) is 2.86. The molecule has 1 aromatic heterocycles. The van der Waals surface area contributed by atoms with Crippen LogP contribution in [0, 0.1) is 0 Å². The highest BCUT2D eigenvalue weighted by atomic mass is 16.4.